The molecule has 0 aromatic carbocycles. The summed E-state index contributed by atoms with van der Waals surface area (Å²) in [6.07, 6.45) is 0. The summed E-state index contributed by atoms with van der Waals surface area (Å²) in [5.41, 5.74) is 5.23. The van der Waals surface area contributed by atoms with Crippen molar-refractivity contribution in [2.75, 3.05) is 0 Å². The smallest absolute Gasteiger partial charge is 0.363 e. The first-order valence-electron chi connectivity index (χ1n) is 4.66. The first kappa shape index (κ1) is 14.3. The molecule has 10 nitrogen and oxygen atoms in total. The van der Waals surface area contributed by atoms with Crippen molar-refractivity contribution in [1.29, 1.82) is 0 Å². The van der Waals surface area contributed by atoms with Crippen LogP contribution in [0.25, 0.3) is 0 Å². The number of nitrogens with two attached hydrogens (primary N) is 1. The number of nitrogens with one attached hydrogen (secondary N) is 1. The maximum Gasteiger partial charge on any atom is 0.363 e. The van der Waals surface area contributed by atoms with Gasteiger partial charge in [-0.1, -0.05) is 0 Å². The highest BCUT2D eigenvalue weighted by atomic mass is 32.2. The third kappa shape index (κ3) is 2.42. The number of nitrogens with zero attached hydrogens (tertiary/aromatic N) is 1. The average molecular weight is 281 g/mol. The molecule has 0 spiro atoms. The van der Waals surface area contributed by atoms with Crippen LogP contribution in [0.1, 0.15) is 6.92 Å². The molecule has 11 heteroatoms. The van der Waals surface area contributed by atoms with Crippen LogP contribution in [0.15, 0.2) is 0 Å². The van der Waals surface area contributed by atoms with Crippen molar-refractivity contribution in [1.82, 2.24) is 9.62 Å². The summed E-state index contributed by atoms with van der Waals surface area (Å²) in [4.78, 5) is 33.1. The zero-order valence-corrected chi connectivity index (χ0v) is 9.92. The molecular formula is C7H11N3O7S. The van der Waals surface area contributed by atoms with Gasteiger partial charge in [0, 0.05) is 0 Å². The molecule has 1 aliphatic heterocycles. The predicted octanol–water partition coefficient (Wildman–Crippen LogP) is -3.08. The fourth-order valence-corrected chi connectivity index (χ4v) is 2.23. The number of carboxylic acid groups (broad SMARTS) is 1. The van der Waals surface area contributed by atoms with E-state index in [1.165, 1.54) is 0 Å². The molecule has 1 saturated heterocycles. The van der Waals surface area contributed by atoms with Gasteiger partial charge >= 0.3 is 16.3 Å². The fourth-order valence-electron chi connectivity index (χ4n) is 1.37. The zero-order valence-electron chi connectivity index (χ0n) is 9.10. The Balaban J connectivity index is 2.86. The van der Waals surface area contributed by atoms with Crippen LogP contribution in [-0.4, -0.2) is 58.3 Å². The molecule has 0 aromatic rings. The van der Waals surface area contributed by atoms with E-state index < -0.39 is 46.2 Å². The topological polar surface area (TPSA) is 167 Å². The lowest BCUT2D eigenvalue weighted by Crippen LogP contribution is -2.74. The molecule has 0 bridgehead atoms. The molecule has 1 heterocycles. The Morgan fingerprint density at radius 1 is 1.50 bits per heavy atom. The first-order valence-corrected chi connectivity index (χ1v) is 6.06. The number of rotatable bonds is 4. The highest BCUT2D eigenvalue weighted by molar-refractivity contribution is 7.84. The van der Waals surface area contributed by atoms with Crippen molar-refractivity contribution in [2.45, 2.75) is 25.0 Å². The number of aliphatic carboxylic acids is 1. The Kier molecular flexibility index (Phi) is 3.59. The van der Waals surface area contributed by atoms with Gasteiger partial charge in [-0.15, -0.1) is 0 Å². The number of carbonyl (C=O) groups is 3. The van der Waals surface area contributed by atoms with E-state index in [2.05, 4.69) is 0 Å². The lowest BCUT2D eigenvalue weighted by atomic mass is 9.99. The van der Waals surface area contributed by atoms with E-state index in [0.717, 1.165) is 6.92 Å². The zero-order chi connectivity index (χ0) is 14.2. The molecule has 0 saturated carbocycles. The third-order valence-corrected chi connectivity index (χ3v) is 3.25. The van der Waals surface area contributed by atoms with Gasteiger partial charge in [-0.2, -0.15) is 8.42 Å². The van der Waals surface area contributed by atoms with E-state index in [4.69, 9.17) is 15.4 Å². The van der Waals surface area contributed by atoms with Crippen molar-refractivity contribution in [2.24, 2.45) is 5.73 Å². The minimum absolute atomic E-state index is 0.0957. The van der Waals surface area contributed by atoms with Crippen molar-refractivity contribution in [3.05, 3.63) is 0 Å². The molecule has 1 fully saturated rings. The van der Waals surface area contributed by atoms with E-state index in [1.807, 2.05) is 5.32 Å². The second-order valence-corrected chi connectivity index (χ2v) is 4.94. The average Bonchev–Trinajstić information content (AvgIpc) is 2.21. The number of carbonyl (C=O) groups excluding carboxylic acids is 2. The largest absolute Gasteiger partial charge is 0.480 e. The highest BCUT2D eigenvalue weighted by Gasteiger charge is 2.55. The second-order valence-electron chi connectivity index (χ2n) is 3.65. The lowest BCUT2D eigenvalue weighted by molar-refractivity contribution is -0.150. The summed E-state index contributed by atoms with van der Waals surface area (Å²) < 4.78 is 30.2. The maximum atomic E-state index is 11.5. The molecule has 3 atom stereocenters. The summed E-state index contributed by atoms with van der Waals surface area (Å²) in [5.74, 6) is -3.56. The van der Waals surface area contributed by atoms with Crippen molar-refractivity contribution >= 4 is 28.1 Å². The van der Waals surface area contributed by atoms with Gasteiger partial charge in [0.05, 0.1) is 0 Å². The van der Waals surface area contributed by atoms with Gasteiger partial charge in [0.1, 0.15) is 12.1 Å². The first-order chi connectivity index (χ1) is 8.07. The van der Waals surface area contributed by atoms with Crippen LogP contribution in [-0.2, 0) is 24.7 Å². The van der Waals surface area contributed by atoms with E-state index in [0.29, 0.717) is 0 Å². The lowest BCUT2D eigenvalue weighted by Gasteiger charge is -2.40. The molecular weight excluding hydrogens is 270 g/mol. The highest BCUT2D eigenvalue weighted by Crippen LogP contribution is 2.22. The van der Waals surface area contributed by atoms with Crippen LogP contribution < -0.4 is 11.1 Å². The van der Waals surface area contributed by atoms with E-state index >= 15 is 0 Å². The predicted molar refractivity (Wildman–Crippen MR) is 55.4 cm³/mol. The summed E-state index contributed by atoms with van der Waals surface area (Å²) in [5, 5.41) is 10.5. The van der Waals surface area contributed by atoms with E-state index in [-0.39, 0.29) is 4.31 Å². The third-order valence-electron chi connectivity index (χ3n) is 2.34. The molecule has 1 unspecified atom stereocenters. The molecule has 1 rings (SSSR count). The Morgan fingerprint density at radius 2 is 2.00 bits per heavy atom. The maximum absolute atomic E-state index is 11.5. The summed E-state index contributed by atoms with van der Waals surface area (Å²) in [7, 11) is -4.90. The van der Waals surface area contributed by atoms with Crippen LogP contribution in [0.5, 0.6) is 0 Å². The summed E-state index contributed by atoms with van der Waals surface area (Å²) >= 11 is 0. The van der Waals surface area contributed by atoms with Crippen molar-refractivity contribution in [3.63, 3.8) is 0 Å². The van der Waals surface area contributed by atoms with Crippen molar-refractivity contribution < 1.29 is 32.5 Å². The number of amides is 2. The Bertz CT molecular complexity index is 501. The number of hydrogen-bond acceptors (Lipinski definition) is 6. The minimum atomic E-state index is -4.90. The van der Waals surface area contributed by atoms with Gasteiger partial charge in [0.2, 0.25) is 5.91 Å². The van der Waals surface area contributed by atoms with E-state index in [1.54, 1.807) is 0 Å². The van der Waals surface area contributed by atoms with Gasteiger partial charge in [-0.3, -0.25) is 18.9 Å². The molecule has 1 aliphatic rings. The molecule has 102 valence electrons. The monoisotopic (exact) mass is 281 g/mol. The Morgan fingerprint density at radius 3 is 2.39 bits per heavy atom. The van der Waals surface area contributed by atoms with Crippen LogP contribution in [0, 0.1) is 0 Å². The molecule has 0 aromatic heterocycles. The Hall–Kier alpha value is -1.72. The number of carboxylic acids is 1. The van der Waals surface area contributed by atoms with Crippen LogP contribution >= 0.6 is 0 Å². The minimum Gasteiger partial charge on any atom is -0.480 e. The quantitative estimate of drug-likeness (QED) is 0.310. The molecule has 5 N–H and O–H groups in total. The van der Waals surface area contributed by atoms with Crippen LogP contribution in [0.2, 0.25) is 0 Å². The van der Waals surface area contributed by atoms with Gasteiger partial charge in [-0.05, 0) is 6.92 Å². The normalized spacial score (nSPS) is 25.3. The van der Waals surface area contributed by atoms with Crippen LogP contribution in [0.3, 0.4) is 0 Å². The van der Waals surface area contributed by atoms with Gasteiger partial charge in [0.15, 0.2) is 6.04 Å². The van der Waals surface area contributed by atoms with Gasteiger partial charge in [0.25, 0.3) is 5.91 Å². The summed E-state index contributed by atoms with van der Waals surface area (Å²) in [6.45, 7) is 1.14. The van der Waals surface area contributed by atoms with Gasteiger partial charge < -0.3 is 16.2 Å². The number of β-lactam (4-membered cyclic amide) rings is 1. The molecule has 0 radical (unpaired) electrons. The van der Waals surface area contributed by atoms with Gasteiger partial charge in [-0.25, -0.2) is 4.31 Å². The Labute approximate surface area is 102 Å². The van der Waals surface area contributed by atoms with E-state index in [9.17, 15) is 22.8 Å². The number of hydrogen-bond donors (Lipinski definition) is 4. The molecule has 18 heavy (non-hydrogen) atoms. The molecule has 2 amide bonds. The fraction of sp³-hybridized carbons (Fsp3) is 0.571. The SMILES string of the molecule is CC(NC(=O)[C@H]1[C@@H](N)C(=O)N1S(=O)(=O)O)C(=O)O. The second kappa shape index (κ2) is 4.51. The summed E-state index contributed by atoms with van der Waals surface area (Å²) in [6, 6.07) is -4.37. The van der Waals surface area contributed by atoms with Crippen molar-refractivity contribution in [3.8, 4) is 0 Å². The van der Waals surface area contributed by atoms with Crippen LogP contribution in [0.4, 0.5) is 0 Å². The molecule has 0 aliphatic carbocycles. The standard InChI is InChI=1S/C7H11N3O7S/c1-2(7(13)14)9-5(11)4-3(8)6(12)10(4)18(15,16)17/h2-4H,8H2,1H3,(H,9,11)(H,13,14)(H,15,16,17)/t2?,3-,4-/m1/s1.